The highest BCUT2D eigenvalue weighted by Gasteiger charge is 1.93. The van der Waals surface area contributed by atoms with Crippen LogP contribution in [0.25, 0.3) is 0 Å². The van der Waals surface area contributed by atoms with E-state index in [1.54, 1.807) is 0 Å². The highest BCUT2D eigenvalue weighted by molar-refractivity contribution is 6.30. The van der Waals surface area contributed by atoms with Crippen molar-refractivity contribution in [1.82, 2.24) is 0 Å². The summed E-state index contributed by atoms with van der Waals surface area (Å²) in [5.74, 6) is -1.12. The minimum Gasteiger partial charge on any atom is -0.394 e. The molecule has 0 aliphatic heterocycles. The zero-order chi connectivity index (χ0) is 11.0. The molecule has 0 fully saturated rings. The minimum absolute atomic E-state index is 0.562. The second-order valence-corrected chi connectivity index (χ2v) is 2.82. The second-order valence-electron chi connectivity index (χ2n) is 2.38. The topological polar surface area (TPSA) is 43.4 Å². The van der Waals surface area contributed by atoms with E-state index in [-0.39, 0.29) is 0 Å². The van der Waals surface area contributed by atoms with Gasteiger partial charge in [0.05, 0.1) is 0 Å². The first-order valence-corrected chi connectivity index (χ1v) is 4.29. The van der Waals surface area contributed by atoms with Crippen LogP contribution in [0.2, 0.25) is 5.02 Å². The number of ether oxygens (including phenoxy) is 1. The van der Waals surface area contributed by atoms with Gasteiger partial charge in [-0.2, -0.15) is 0 Å². The lowest BCUT2D eigenvalue weighted by Crippen LogP contribution is -2.03. The first-order valence-electron chi connectivity index (χ1n) is 3.92. The van der Waals surface area contributed by atoms with Crippen LogP contribution in [0.5, 0.6) is 0 Å². The number of halogens is 1. The SMILES string of the molecule is CC(=O)OC(C)=O.Clc1ccccc1. The third-order valence-electron chi connectivity index (χ3n) is 1.02. The summed E-state index contributed by atoms with van der Waals surface area (Å²) in [7, 11) is 0. The van der Waals surface area contributed by atoms with Gasteiger partial charge in [-0.15, -0.1) is 0 Å². The Morgan fingerprint density at radius 3 is 1.64 bits per heavy atom. The van der Waals surface area contributed by atoms with E-state index in [4.69, 9.17) is 11.6 Å². The molecule has 0 saturated carbocycles. The summed E-state index contributed by atoms with van der Waals surface area (Å²) in [6, 6.07) is 9.44. The predicted octanol–water partition coefficient (Wildman–Crippen LogP) is 2.44. The maximum Gasteiger partial charge on any atom is 0.310 e. The quantitative estimate of drug-likeness (QED) is 0.492. The molecule has 0 aliphatic rings. The van der Waals surface area contributed by atoms with Crippen LogP contribution in [0.15, 0.2) is 30.3 Å². The van der Waals surface area contributed by atoms with Gasteiger partial charge < -0.3 is 4.74 Å². The summed E-state index contributed by atoms with van der Waals surface area (Å²) in [5, 5.41) is 0.794. The molecule has 4 heteroatoms. The lowest BCUT2D eigenvalue weighted by molar-refractivity contribution is -0.156. The molecule has 14 heavy (non-hydrogen) atoms. The first-order chi connectivity index (χ1) is 6.52. The third kappa shape index (κ3) is 8.74. The molecule has 0 heterocycles. The number of benzene rings is 1. The Morgan fingerprint density at radius 2 is 1.50 bits per heavy atom. The number of hydrogen-bond donors (Lipinski definition) is 0. The Morgan fingerprint density at radius 1 is 1.07 bits per heavy atom. The Hall–Kier alpha value is -1.35. The van der Waals surface area contributed by atoms with Crippen molar-refractivity contribution in [3.05, 3.63) is 35.4 Å². The third-order valence-corrected chi connectivity index (χ3v) is 1.27. The van der Waals surface area contributed by atoms with Gasteiger partial charge in [0, 0.05) is 18.9 Å². The molecule has 0 amide bonds. The molecule has 0 spiro atoms. The van der Waals surface area contributed by atoms with Gasteiger partial charge in [-0.25, -0.2) is 0 Å². The first kappa shape index (κ1) is 12.7. The molecule has 0 atom stereocenters. The van der Waals surface area contributed by atoms with Crippen molar-refractivity contribution in [1.29, 1.82) is 0 Å². The van der Waals surface area contributed by atoms with Gasteiger partial charge in [0.25, 0.3) is 0 Å². The van der Waals surface area contributed by atoms with Gasteiger partial charge in [0.15, 0.2) is 0 Å². The smallest absolute Gasteiger partial charge is 0.310 e. The van der Waals surface area contributed by atoms with Crippen molar-refractivity contribution in [3.63, 3.8) is 0 Å². The molecule has 0 saturated heterocycles. The van der Waals surface area contributed by atoms with Gasteiger partial charge >= 0.3 is 11.9 Å². The van der Waals surface area contributed by atoms with Crippen LogP contribution in [-0.4, -0.2) is 11.9 Å². The maximum atomic E-state index is 9.81. The van der Waals surface area contributed by atoms with Crippen LogP contribution in [0.3, 0.4) is 0 Å². The molecule has 1 aromatic carbocycles. The summed E-state index contributed by atoms with van der Waals surface area (Å²) in [6.07, 6.45) is 0. The standard InChI is InChI=1S/C6H5Cl.C4H6O3/c7-6-4-2-1-3-5-6;1-3(5)7-4(2)6/h1-5H;1-2H3. The van der Waals surface area contributed by atoms with Crippen LogP contribution in [-0.2, 0) is 14.3 Å². The zero-order valence-corrected chi connectivity index (χ0v) is 8.75. The van der Waals surface area contributed by atoms with Crippen LogP contribution in [0.1, 0.15) is 13.8 Å². The maximum absolute atomic E-state index is 9.81. The van der Waals surface area contributed by atoms with Crippen LogP contribution >= 0.6 is 11.6 Å². The molecule has 76 valence electrons. The van der Waals surface area contributed by atoms with Gasteiger partial charge in [0.2, 0.25) is 0 Å². The molecule has 0 aromatic heterocycles. The second kappa shape index (κ2) is 7.09. The van der Waals surface area contributed by atoms with E-state index in [9.17, 15) is 9.59 Å². The molecule has 1 rings (SSSR count). The van der Waals surface area contributed by atoms with Crippen molar-refractivity contribution in [2.45, 2.75) is 13.8 Å². The number of esters is 2. The van der Waals surface area contributed by atoms with Gasteiger partial charge in [-0.1, -0.05) is 29.8 Å². The van der Waals surface area contributed by atoms with Crippen molar-refractivity contribution in [3.8, 4) is 0 Å². The highest BCUT2D eigenvalue weighted by Crippen LogP contribution is 2.03. The molecule has 0 radical (unpaired) electrons. The normalized spacial score (nSPS) is 8.21. The van der Waals surface area contributed by atoms with Crippen LogP contribution in [0.4, 0.5) is 0 Å². The minimum atomic E-state index is -0.562. The van der Waals surface area contributed by atoms with E-state index in [0.29, 0.717) is 0 Å². The molecule has 0 N–H and O–H groups in total. The summed E-state index contributed by atoms with van der Waals surface area (Å²) in [4.78, 5) is 19.6. The Labute approximate surface area is 87.6 Å². The summed E-state index contributed by atoms with van der Waals surface area (Å²) in [6.45, 7) is 2.36. The van der Waals surface area contributed by atoms with Crippen molar-refractivity contribution < 1.29 is 14.3 Å². The summed E-state index contributed by atoms with van der Waals surface area (Å²) >= 11 is 5.54. The Balaban J connectivity index is 0.000000241. The van der Waals surface area contributed by atoms with Crippen molar-refractivity contribution in [2.24, 2.45) is 0 Å². The summed E-state index contributed by atoms with van der Waals surface area (Å²) < 4.78 is 3.97. The van der Waals surface area contributed by atoms with E-state index in [1.807, 2.05) is 30.3 Å². The zero-order valence-electron chi connectivity index (χ0n) is 7.99. The fourth-order valence-electron chi connectivity index (χ4n) is 0.617. The van der Waals surface area contributed by atoms with Gasteiger partial charge in [-0.3, -0.25) is 9.59 Å². The number of hydrogen-bond acceptors (Lipinski definition) is 3. The number of carbonyl (C=O) groups excluding carboxylic acids is 2. The average Bonchev–Trinajstić information content (AvgIpc) is 2.03. The highest BCUT2D eigenvalue weighted by atomic mass is 35.5. The molecular formula is C10H11ClO3. The van der Waals surface area contributed by atoms with E-state index < -0.39 is 11.9 Å². The average molecular weight is 215 g/mol. The van der Waals surface area contributed by atoms with E-state index in [2.05, 4.69) is 4.74 Å². The van der Waals surface area contributed by atoms with E-state index in [1.165, 1.54) is 13.8 Å². The van der Waals surface area contributed by atoms with E-state index in [0.717, 1.165) is 5.02 Å². The lowest BCUT2D eigenvalue weighted by Gasteiger charge is -1.87. The van der Waals surface area contributed by atoms with Gasteiger partial charge in [0.1, 0.15) is 0 Å². The number of rotatable bonds is 0. The fourth-order valence-corrected chi connectivity index (χ4v) is 0.763. The summed E-state index contributed by atoms with van der Waals surface area (Å²) in [5.41, 5.74) is 0. The molecular weight excluding hydrogens is 204 g/mol. The number of carbonyl (C=O) groups is 2. The van der Waals surface area contributed by atoms with Crippen LogP contribution in [0, 0.1) is 0 Å². The monoisotopic (exact) mass is 214 g/mol. The molecule has 3 nitrogen and oxygen atoms in total. The Bertz CT molecular complexity index is 283. The Kier molecular flexibility index (Phi) is 6.41. The van der Waals surface area contributed by atoms with E-state index >= 15 is 0 Å². The molecule has 0 aliphatic carbocycles. The lowest BCUT2D eigenvalue weighted by atomic mass is 10.4. The molecule has 0 unspecified atom stereocenters. The molecule has 0 bridgehead atoms. The van der Waals surface area contributed by atoms with Crippen molar-refractivity contribution >= 4 is 23.5 Å². The largest absolute Gasteiger partial charge is 0.394 e. The van der Waals surface area contributed by atoms with Crippen molar-refractivity contribution in [2.75, 3.05) is 0 Å². The predicted molar refractivity (Wildman–Crippen MR) is 53.9 cm³/mol. The van der Waals surface area contributed by atoms with Gasteiger partial charge in [-0.05, 0) is 12.1 Å². The molecule has 1 aromatic rings. The fraction of sp³-hybridized carbons (Fsp3) is 0.200. The van der Waals surface area contributed by atoms with Crippen LogP contribution < -0.4 is 0 Å².